The standard InChI is InChI=1S/C22H28N6O/c1-13-10-14(18-8-9-19(24-2)27-21(18)29-3)11-15-12-25-22(28-20(13)15)26-17-6-4-16(23)5-7-17/h8-12,16-17H,4-7,23H2,1-3H3,(H,24,27)(H,25,26,28). The molecule has 2 heterocycles. The van der Waals surface area contributed by atoms with E-state index in [1.165, 1.54) is 0 Å². The summed E-state index contributed by atoms with van der Waals surface area (Å²) in [6.07, 6.45) is 6.12. The molecule has 0 amide bonds. The Bertz CT molecular complexity index is 1010. The van der Waals surface area contributed by atoms with E-state index >= 15 is 0 Å². The number of hydrogen-bond acceptors (Lipinski definition) is 7. The molecule has 0 bridgehead atoms. The molecule has 0 spiro atoms. The summed E-state index contributed by atoms with van der Waals surface area (Å²) in [5, 5.41) is 7.52. The van der Waals surface area contributed by atoms with E-state index in [0.717, 1.165) is 59.1 Å². The number of methoxy groups -OCH3 is 1. The molecule has 0 saturated heterocycles. The number of rotatable bonds is 5. The van der Waals surface area contributed by atoms with Crippen LogP contribution in [0.3, 0.4) is 0 Å². The Morgan fingerprint density at radius 1 is 1.10 bits per heavy atom. The Labute approximate surface area is 171 Å². The lowest BCUT2D eigenvalue weighted by Gasteiger charge is -2.26. The van der Waals surface area contributed by atoms with Crippen LogP contribution in [0.15, 0.2) is 30.5 Å². The third kappa shape index (κ3) is 4.10. The molecule has 1 aliphatic rings. The monoisotopic (exact) mass is 392 g/mol. The van der Waals surface area contributed by atoms with Crippen molar-refractivity contribution in [1.82, 2.24) is 15.0 Å². The van der Waals surface area contributed by atoms with Crippen molar-refractivity contribution in [3.05, 3.63) is 36.0 Å². The first-order valence-corrected chi connectivity index (χ1v) is 10.1. The number of anilines is 2. The van der Waals surface area contributed by atoms with Crippen LogP contribution >= 0.6 is 0 Å². The van der Waals surface area contributed by atoms with Gasteiger partial charge in [-0.15, -0.1) is 0 Å². The van der Waals surface area contributed by atoms with Crippen LogP contribution in [0.5, 0.6) is 5.88 Å². The van der Waals surface area contributed by atoms with Gasteiger partial charge < -0.3 is 21.1 Å². The van der Waals surface area contributed by atoms with Crippen molar-refractivity contribution in [2.24, 2.45) is 5.73 Å². The minimum Gasteiger partial charge on any atom is -0.480 e. The van der Waals surface area contributed by atoms with E-state index in [9.17, 15) is 0 Å². The first-order chi connectivity index (χ1) is 14.1. The summed E-state index contributed by atoms with van der Waals surface area (Å²) in [4.78, 5) is 13.8. The third-order valence-electron chi connectivity index (χ3n) is 5.60. The average molecular weight is 393 g/mol. The Hall–Kier alpha value is -2.93. The second-order valence-electron chi connectivity index (χ2n) is 7.68. The summed E-state index contributed by atoms with van der Waals surface area (Å²) < 4.78 is 5.50. The van der Waals surface area contributed by atoms with E-state index in [1.807, 2.05) is 25.4 Å². The van der Waals surface area contributed by atoms with Crippen molar-refractivity contribution >= 4 is 22.7 Å². The predicted molar refractivity (Wildman–Crippen MR) is 117 cm³/mol. The largest absolute Gasteiger partial charge is 0.480 e. The highest BCUT2D eigenvalue weighted by molar-refractivity contribution is 5.88. The van der Waals surface area contributed by atoms with E-state index in [1.54, 1.807) is 7.11 Å². The predicted octanol–water partition coefficient (Wildman–Crippen LogP) is 3.73. The smallest absolute Gasteiger partial charge is 0.223 e. The molecule has 7 heteroatoms. The highest BCUT2D eigenvalue weighted by Gasteiger charge is 2.19. The number of benzene rings is 1. The van der Waals surface area contributed by atoms with Gasteiger partial charge in [-0.1, -0.05) is 0 Å². The summed E-state index contributed by atoms with van der Waals surface area (Å²) in [5.41, 5.74) is 10.0. The van der Waals surface area contributed by atoms with Crippen molar-refractivity contribution in [2.75, 3.05) is 24.8 Å². The van der Waals surface area contributed by atoms with E-state index < -0.39 is 0 Å². The van der Waals surface area contributed by atoms with Gasteiger partial charge in [0.2, 0.25) is 11.8 Å². The van der Waals surface area contributed by atoms with Gasteiger partial charge in [0, 0.05) is 36.3 Å². The molecule has 152 valence electrons. The number of nitrogens with one attached hydrogen (secondary N) is 2. The summed E-state index contributed by atoms with van der Waals surface area (Å²) in [6, 6.07) is 8.90. The van der Waals surface area contributed by atoms with Crippen LogP contribution in [-0.2, 0) is 0 Å². The van der Waals surface area contributed by atoms with Gasteiger partial charge in [0.15, 0.2) is 0 Å². The third-order valence-corrected chi connectivity index (χ3v) is 5.60. The number of fused-ring (bicyclic) bond motifs is 1. The molecule has 1 fully saturated rings. The number of ether oxygens (including phenoxy) is 1. The van der Waals surface area contributed by atoms with Crippen LogP contribution in [0, 0.1) is 6.92 Å². The minimum absolute atomic E-state index is 0.333. The van der Waals surface area contributed by atoms with Gasteiger partial charge in [-0.05, 0) is 68.0 Å². The lowest BCUT2D eigenvalue weighted by molar-refractivity contribution is 0.400. The fourth-order valence-electron chi connectivity index (χ4n) is 3.95. The molecular formula is C22H28N6O. The topological polar surface area (TPSA) is 98.0 Å². The molecule has 4 N–H and O–H groups in total. The van der Waals surface area contributed by atoms with Gasteiger partial charge in [0.05, 0.1) is 12.6 Å². The van der Waals surface area contributed by atoms with Gasteiger partial charge in [0.1, 0.15) is 5.82 Å². The fraction of sp³-hybridized carbons (Fsp3) is 0.409. The molecule has 1 aromatic carbocycles. The van der Waals surface area contributed by atoms with Crippen LogP contribution in [0.2, 0.25) is 0 Å². The zero-order valence-corrected chi connectivity index (χ0v) is 17.2. The molecule has 0 aliphatic heterocycles. The Balaban J connectivity index is 1.64. The molecule has 3 aromatic rings. The minimum atomic E-state index is 0.333. The number of hydrogen-bond donors (Lipinski definition) is 3. The van der Waals surface area contributed by atoms with Crippen LogP contribution in [0.4, 0.5) is 11.8 Å². The summed E-state index contributed by atoms with van der Waals surface area (Å²) in [7, 11) is 3.48. The lowest BCUT2D eigenvalue weighted by atomic mass is 9.92. The van der Waals surface area contributed by atoms with Gasteiger partial charge in [-0.3, -0.25) is 0 Å². The van der Waals surface area contributed by atoms with Crippen molar-refractivity contribution in [3.63, 3.8) is 0 Å². The highest BCUT2D eigenvalue weighted by atomic mass is 16.5. The average Bonchev–Trinajstić information content (AvgIpc) is 2.75. The van der Waals surface area contributed by atoms with Gasteiger partial charge in [0.25, 0.3) is 0 Å². The van der Waals surface area contributed by atoms with Crippen LogP contribution in [-0.4, -0.2) is 41.2 Å². The Morgan fingerprint density at radius 2 is 1.90 bits per heavy atom. The second-order valence-corrected chi connectivity index (χ2v) is 7.68. The van der Waals surface area contributed by atoms with Gasteiger partial charge in [-0.2, -0.15) is 4.98 Å². The maximum atomic E-state index is 6.01. The summed E-state index contributed by atoms with van der Waals surface area (Å²) in [5.74, 6) is 2.04. The van der Waals surface area contributed by atoms with Crippen molar-refractivity contribution in [3.8, 4) is 17.0 Å². The molecule has 0 atom stereocenters. The van der Waals surface area contributed by atoms with E-state index in [2.05, 4.69) is 39.7 Å². The molecule has 4 rings (SSSR count). The maximum Gasteiger partial charge on any atom is 0.223 e. The molecule has 7 nitrogen and oxygen atoms in total. The normalized spacial score (nSPS) is 19.2. The number of nitrogens with zero attached hydrogens (tertiary/aromatic N) is 3. The van der Waals surface area contributed by atoms with Crippen LogP contribution in [0.1, 0.15) is 31.2 Å². The Morgan fingerprint density at radius 3 is 2.62 bits per heavy atom. The molecular weight excluding hydrogens is 364 g/mol. The first-order valence-electron chi connectivity index (χ1n) is 10.1. The summed E-state index contributed by atoms with van der Waals surface area (Å²) >= 11 is 0. The van der Waals surface area contributed by atoms with E-state index in [-0.39, 0.29) is 0 Å². The van der Waals surface area contributed by atoms with E-state index in [4.69, 9.17) is 15.5 Å². The quantitative estimate of drug-likeness (QED) is 0.608. The first kappa shape index (κ1) is 19.4. The van der Waals surface area contributed by atoms with Crippen molar-refractivity contribution in [2.45, 2.75) is 44.7 Å². The molecule has 1 aliphatic carbocycles. The molecule has 29 heavy (non-hydrogen) atoms. The molecule has 2 aromatic heterocycles. The van der Waals surface area contributed by atoms with E-state index in [0.29, 0.717) is 23.9 Å². The zero-order valence-electron chi connectivity index (χ0n) is 17.2. The van der Waals surface area contributed by atoms with Gasteiger partial charge in [-0.25, -0.2) is 9.97 Å². The van der Waals surface area contributed by atoms with Gasteiger partial charge >= 0.3 is 0 Å². The molecule has 0 radical (unpaired) electrons. The van der Waals surface area contributed by atoms with Crippen molar-refractivity contribution < 1.29 is 4.74 Å². The van der Waals surface area contributed by atoms with Crippen molar-refractivity contribution in [1.29, 1.82) is 0 Å². The number of nitrogens with two attached hydrogens (primary N) is 1. The number of pyridine rings is 1. The van der Waals surface area contributed by atoms with Crippen LogP contribution < -0.4 is 21.1 Å². The summed E-state index contributed by atoms with van der Waals surface area (Å²) in [6.45, 7) is 2.07. The SMILES string of the molecule is CNc1ccc(-c2cc(C)c3nc(NC4CCC(N)CC4)ncc3c2)c(OC)n1. The maximum absolute atomic E-state index is 6.01. The molecule has 1 saturated carbocycles. The second kappa shape index (κ2) is 8.21. The highest BCUT2D eigenvalue weighted by Crippen LogP contribution is 2.33. The fourth-order valence-corrected chi connectivity index (χ4v) is 3.95. The number of aromatic nitrogens is 3. The Kier molecular flexibility index (Phi) is 5.49. The molecule has 0 unspecified atom stereocenters. The number of aryl methyl sites for hydroxylation is 1. The lowest BCUT2D eigenvalue weighted by Crippen LogP contribution is -2.33. The van der Waals surface area contributed by atoms with Crippen LogP contribution in [0.25, 0.3) is 22.0 Å². The zero-order chi connectivity index (χ0) is 20.4.